The largest absolute Gasteiger partial charge is 0.479 e. The fraction of sp³-hybridized carbons (Fsp3) is 0.480. The lowest BCUT2D eigenvalue weighted by atomic mass is 9.95. The van der Waals surface area contributed by atoms with Gasteiger partial charge in [-0.15, -0.1) is 0 Å². The van der Waals surface area contributed by atoms with Crippen molar-refractivity contribution in [2.75, 3.05) is 19.7 Å². The van der Waals surface area contributed by atoms with Crippen molar-refractivity contribution in [3.8, 4) is 5.75 Å². The summed E-state index contributed by atoms with van der Waals surface area (Å²) in [5.41, 5.74) is -0.917. The number of rotatable bonds is 9. The summed E-state index contributed by atoms with van der Waals surface area (Å²) in [6, 6.07) is -0.146. The molecule has 3 rings (SSSR count). The first kappa shape index (κ1) is 29.6. The van der Waals surface area contributed by atoms with E-state index < -0.39 is 83.2 Å². The first-order valence-electron chi connectivity index (χ1n) is 12.0. The molecular formula is C25H27F4N3O7. The molecule has 2 heterocycles. The Morgan fingerprint density at radius 1 is 1.10 bits per heavy atom. The number of ketones is 1. The highest BCUT2D eigenvalue weighted by Crippen LogP contribution is 2.26. The minimum atomic E-state index is -1.85. The Labute approximate surface area is 220 Å². The summed E-state index contributed by atoms with van der Waals surface area (Å²) in [4.78, 5) is 52.1. The lowest BCUT2D eigenvalue weighted by Crippen LogP contribution is -2.49. The quantitative estimate of drug-likeness (QED) is 0.283. The number of ether oxygens (including phenoxy) is 2. The maximum atomic E-state index is 13.9. The number of hydrogen-bond donors (Lipinski definition) is 1. The van der Waals surface area contributed by atoms with Crippen LogP contribution in [0.2, 0.25) is 0 Å². The minimum Gasteiger partial charge on any atom is -0.479 e. The zero-order valence-electron chi connectivity index (χ0n) is 21.4. The van der Waals surface area contributed by atoms with Crippen molar-refractivity contribution in [2.24, 2.45) is 5.92 Å². The molecule has 0 bridgehead atoms. The van der Waals surface area contributed by atoms with Crippen LogP contribution in [-0.4, -0.2) is 65.0 Å². The minimum absolute atomic E-state index is 0.0186. The summed E-state index contributed by atoms with van der Waals surface area (Å²) in [7, 11) is 0. The smallest absolute Gasteiger partial charge is 0.308 e. The number of hydrogen-bond acceptors (Lipinski definition) is 8. The highest BCUT2D eigenvalue weighted by molar-refractivity contribution is 5.94. The summed E-state index contributed by atoms with van der Waals surface area (Å²) in [6.45, 7) is 4.04. The van der Waals surface area contributed by atoms with Crippen LogP contribution < -0.4 is 10.1 Å². The van der Waals surface area contributed by atoms with Crippen molar-refractivity contribution in [3.05, 3.63) is 47.4 Å². The topological polar surface area (TPSA) is 128 Å². The SMILES string of the molecule is CC(C)(C)OC(=O)C[C@H](NC(=O)C1CCN(C(=O)c2ccno2)CC1)C(=O)COc1c(F)c(F)cc(F)c1F. The van der Waals surface area contributed by atoms with E-state index in [0.717, 1.165) is 0 Å². The number of amides is 2. The zero-order chi connectivity index (χ0) is 28.9. The summed E-state index contributed by atoms with van der Waals surface area (Å²) in [5, 5.41) is 5.91. The third-order valence-corrected chi connectivity index (χ3v) is 5.73. The Morgan fingerprint density at radius 3 is 2.26 bits per heavy atom. The summed E-state index contributed by atoms with van der Waals surface area (Å²) in [5.74, 6) is -12.1. The fourth-order valence-electron chi connectivity index (χ4n) is 3.83. The van der Waals surface area contributed by atoms with Crippen LogP contribution in [0.4, 0.5) is 17.6 Å². The van der Waals surface area contributed by atoms with Gasteiger partial charge in [-0.2, -0.15) is 8.78 Å². The van der Waals surface area contributed by atoms with Gasteiger partial charge in [-0.25, -0.2) is 8.78 Å². The third kappa shape index (κ3) is 7.77. The molecule has 0 unspecified atom stereocenters. The molecule has 1 aromatic carbocycles. The maximum absolute atomic E-state index is 13.9. The molecule has 0 radical (unpaired) electrons. The van der Waals surface area contributed by atoms with E-state index in [1.807, 2.05) is 0 Å². The molecule has 39 heavy (non-hydrogen) atoms. The number of carbonyl (C=O) groups is 4. The van der Waals surface area contributed by atoms with Crippen molar-refractivity contribution < 1.29 is 50.7 Å². The van der Waals surface area contributed by atoms with Gasteiger partial charge in [0.2, 0.25) is 23.3 Å². The van der Waals surface area contributed by atoms with E-state index >= 15 is 0 Å². The van der Waals surface area contributed by atoms with E-state index in [1.54, 1.807) is 20.8 Å². The number of Topliss-reactive ketones (excluding diaryl/α,β-unsaturated/α-hetero) is 1. The second-order valence-corrected chi connectivity index (χ2v) is 9.85. The highest BCUT2D eigenvalue weighted by Gasteiger charge is 2.33. The number of nitrogens with zero attached hydrogens (tertiary/aromatic N) is 2. The molecule has 1 atom stereocenters. The Kier molecular flexibility index (Phi) is 9.30. The Bertz CT molecular complexity index is 1200. The average Bonchev–Trinajstić information content (AvgIpc) is 3.40. The van der Waals surface area contributed by atoms with Gasteiger partial charge in [0.05, 0.1) is 12.6 Å². The lowest BCUT2D eigenvalue weighted by Gasteiger charge is -2.31. The van der Waals surface area contributed by atoms with E-state index in [1.165, 1.54) is 17.2 Å². The molecule has 1 aromatic heterocycles. The highest BCUT2D eigenvalue weighted by atomic mass is 19.2. The first-order valence-corrected chi connectivity index (χ1v) is 12.0. The molecule has 212 valence electrons. The Hall–Kier alpha value is -3.97. The number of halogens is 4. The van der Waals surface area contributed by atoms with E-state index in [4.69, 9.17) is 14.0 Å². The third-order valence-electron chi connectivity index (χ3n) is 5.73. The number of aromatic nitrogens is 1. The number of carbonyl (C=O) groups excluding carboxylic acids is 4. The molecule has 1 saturated heterocycles. The van der Waals surface area contributed by atoms with Crippen LogP contribution >= 0.6 is 0 Å². The van der Waals surface area contributed by atoms with Crippen LogP contribution in [0.5, 0.6) is 5.75 Å². The molecule has 1 N–H and O–H groups in total. The number of likely N-dealkylation sites (tertiary alicyclic amines) is 1. The van der Waals surface area contributed by atoms with Gasteiger partial charge >= 0.3 is 5.97 Å². The van der Waals surface area contributed by atoms with E-state index in [2.05, 4.69) is 10.5 Å². The van der Waals surface area contributed by atoms with Gasteiger partial charge in [0, 0.05) is 31.1 Å². The van der Waals surface area contributed by atoms with Crippen molar-refractivity contribution in [1.82, 2.24) is 15.4 Å². The molecular weight excluding hydrogens is 530 g/mol. The summed E-state index contributed by atoms with van der Waals surface area (Å²) >= 11 is 0. The Balaban J connectivity index is 1.67. The van der Waals surface area contributed by atoms with Gasteiger partial charge in [0.1, 0.15) is 18.2 Å². The molecule has 1 aliphatic heterocycles. The standard InChI is InChI=1S/C25H27F4N3O7/c1-25(2,3)38-19(34)11-16(17(33)12-37-22-20(28)14(26)10-15(27)21(22)29)31-23(35)13-5-8-32(9-6-13)24(36)18-4-7-30-39-18/h4,7,10,13,16H,5-6,8-9,11-12H2,1-3H3,(H,31,35)/t16-/m0/s1. The van der Waals surface area contributed by atoms with Crippen molar-refractivity contribution in [2.45, 2.75) is 51.7 Å². The molecule has 2 amide bonds. The average molecular weight is 557 g/mol. The van der Waals surface area contributed by atoms with Crippen molar-refractivity contribution in [3.63, 3.8) is 0 Å². The van der Waals surface area contributed by atoms with Gasteiger partial charge in [-0.1, -0.05) is 5.16 Å². The second kappa shape index (κ2) is 12.3. The van der Waals surface area contributed by atoms with Crippen LogP contribution in [0.1, 0.15) is 50.6 Å². The molecule has 1 fully saturated rings. The second-order valence-electron chi connectivity index (χ2n) is 9.85. The zero-order valence-corrected chi connectivity index (χ0v) is 21.4. The number of piperidine rings is 1. The monoisotopic (exact) mass is 557 g/mol. The van der Waals surface area contributed by atoms with Crippen LogP contribution in [0.3, 0.4) is 0 Å². The van der Waals surface area contributed by atoms with Gasteiger partial charge in [-0.05, 0) is 33.6 Å². The fourth-order valence-corrected chi connectivity index (χ4v) is 3.83. The first-order chi connectivity index (χ1) is 18.3. The van der Waals surface area contributed by atoms with Crippen LogP contribution in [0, 0.1) is 29.2 Å². The van der Waals surface area contributed by atoms with Gasteiger partial charge in [0.25, 0.3) is 5.91 Å². The number of nitrogens with one attached hydrogen (secondary N) is 1. The van der Waals surface area contributed by atoms with Crippen LogP contribution in [0.15, 0.2) is 22.9 Å². The maximum Gasteiger partial charge on any atom is 0.308 e. The summed E-state index contributed by atoms with van der Waals surface area (Å²) in [6.07, 6.45) is 1.14. The molecule has 1 aliphatic rings. The molecule has 14 heteroatoms. The number of esters is 1. The van der Waals surface area contributed by atoms with Crippen LogP contribution in [-0.2, 0) is 19.1 Å². The van der Waals surface area contributed by atoms with Crippen LogP contribution in [0.25, 0.3) is 0 Å². The van der Waals surface area contributed by atoms with Gasteiger partial charge < -0.3 is 24.2 Å². The van der Waals surface area contributed by atoms with Crippen molar-refractivity contribution in [1.29, 1.82) is 0 Å². The summed E-state index contributed by atoms with van der Waals surface area (Å²) < 4.78 is 69.5. The molecule has 10 nitrogen and oxygen atoms in total. The number of benzene rings is 1. The van der Waals surface area contributed by atoms with E-state index in [0.29, 0.717) is 0 Å². The Morgan fingerprint density at radius 2 is 1.72 bits per heavy atom. The molecule has 0 aliphatic carbocycles. The lowest BCUT2D eigenvalue weighted by molar-refractivity contribution is -0.156. The molecule has 2 aromatic rings. The van der Waals surface area contributed by atoms with Crippen molar-refractivity contribution >= 4 is 23.6 Å². The van der Waals surface area contributed by atoms with E-state index in [-0.39, 0.29) is 37.8 Å². The van der Waals surface area contributed by atoms with Gasteiger partial charge in [-0.3, -0.25) is 19.2 Å². The van der Waals surface area contributed by atoms with Gasteiger partial charge in [0.15, 0.2) is 23.2 Å². The molecule has 0 saturated carbocycles. The molecule has 0 spiro atoms. The predicted octanol–water partition coefficient (Wildman–Crippen LogP) is 2.95. The normalized spacial score (nSPS) is 15.0. The predicted molar refractivity (Wildman–Crippen MR) is 124 cm³/mol. The van der Waals surface area contributed by atoms with E-state index in [9.17, 15) is 36.7 Å².